The molecule has 0 spiro atoms. The standard InChI is InChI=1S/C18H24N2O/c1-12-16(11-19-20(12)2)3-4-17(21)18-8-13-5-14(9-18)7-15(6-13)10-18/h3-4,11,13-15H,5-10H2,1-2H3. The molecule has 0 unspecified atom stereocenters. The molecule has 0 amide bonds. The molecule has 0 saturated heterocycles. The monoisotopic (exact) mass is 284 g/mol. The largest absolute Gasteiger partial charge is 0.294 e. The molecule has 0 aromatic carbocycles. The Morgan fingerprint density at radius 1 is 1.24 bits per heavy atom. The highest BCUT2D eigenvalue weighted by Gasteiger charge is 2.53. The van der Waals surface area contributed by atoms with Gasteiger partial charge in [-0.3, -0.25) is 9.48 Å². The molecule has 3 heteroatoms. The van der Waals surface area contributed by atoms with Crippen LogP contribution in [0.3, 0.4) is 0 Å². The minimum atomic E-state index is -0.0125. The van der Waals surface area contributed by atoms with Crippen LogP contribution in [0.25, 0.3) is 6.08 Å². The third-order valence-electron chi connectivity index (χ3n) is 6.25. The van der Waals surface area contributed by atoms with Crippen molar-refractivity contribution in [1.82, 2.24) is 9.78 Å². The molecule has 112 valence electrons. The molecule has 4 aliphatic carbocycles. The molecule has 0 N–H and O–H groups in total. The van der Waals surface area contributed by atoms with Gasteiger partial charge in [-0.05, 0) is 75.4 Å². The number of hydrogen-bond acceptors (Lipinski definition) is 2. The Kier molecular flexibility index (Phi) is 2.88. The Morgan fingerprint density at radius 3 is 2.29 bits per heavy atom. The minimum absolute atomic E-state index is 0.0125. The van der Waals surface area contributed by atoms with Gasteiger partial charge in [0.2, 0.25) is 0 Å². The van der Waals surface area contributed by atoms with Crippen molar-refractivity contribution in [3.05, 3.63) is 23.5 Å². The smallest absolute Gasteiger partial charge is 0.161 e. The van der Waals surface area contributed by atoms with Crippen LogP contribution in [0, 0.1) is 30.1 Å². The molecule has 4 saturated carbocycles. The maximum Gasteiger partial charge on any atom is 0.161 e. The summed E-state index contributed by atoms with van der Waals surface area (Å²) in [5.41, 5.74) is 2.17. The van der Waals surface area contributed by atoms with Crippen molar-refractivity contribution in [2.75, 3.05) is 0 Å². The van der Waals surface area contributed by atoms with Crippen LogP contribution >= 0.6 is 0 Å². The molecule has 1 heterocycles. The zero-order chi connectivity index (χ0) is 14.6. The van der Waals surface area contributed by atoms with Crippen LogP contribution in [0.2, 0.25) is 0 Å². The summed E-state index contributed by atoms with van der Waals surface area (Å²) in [7, 11) is 1.94. The van der Waals surface area contributed by atoms with Gasteiger partial charge in [0, 0.05) is 23.7 Å². The van der Waals surface area contributed by atoms with E-state index in [-0.39, 0.29) is 5.41 Å². The predicted molar refractivity (Wildman–Crippen MR) is 82.6 cm³/mol. The molecule has 21 heavy (non-hydrogen) atoms. The van der Waals surface area contributed by atoms with Gasteiger partial charge < -0.3 is 0 Å². The molecule has 0 radical (unpaired) electrons. The average Bonchev–Trinajstić information content (AvgIpc) is 2.75. The lowest BCUT2D eigenvalue weighted by molar-refractivity contribution is -0.138. The van der Waals surface area contributed by atoms with Gasteiger partial charge >= 0.3 is 0 Å². The number of carbonyl (C=O) groups excluding carboxylic acids is 1. The Morgan fingerprint density at radius 2 is 1.81 bits per heavy atom. The maximum absolute atomic E-state index is 12.9. The first kappa shape index (κ1) is 13.3. The molecule has 4 fully saturated rings. The molecule has 0 aliphatic heterocycles. The third-order valence-corrected chi connectivity index (χ3v) is 6.25. The van der Waals surface area contributed by atoms with E-state index in [9.17, 15) is 4.79 Å². The second-order valence-electron chi connectivity index (χ2n) is 7.70. The first-order valence-electron chi connectivity index (χ1n) is 8.27. The van der Waals surface area contributed by atoms with E-state index < -0.39 is 0 Å². The highest BCUT2D eigenvalue weighted by Crippen LogP contribution is 2.60. The van der Waals surface area contributed by atoms with Crippen molar-refractivity contribution in [2.24, 2.45) is 30.2 Å². The van der Waals surface area contributed by atoms with Crippen LogP contribution in [0.15, 0.2) is 12.3 Å². The third kappa shape index (κ3) is 2.09. The molecule has 1 aromatic rings. The SMILES string of the molecule is Cc1c(C=CC(=O)C23CC4CC(CC(C4)C2)C3)cnn1C. The highest BCUT2D eigenvalue weighted by molar-refractivity contribution is 5.98. The van der Waals surface area contributed by atoms with Crippen molar-refractivity contribution in [2.45, 2.75) is 45.4 Å². The zero-order valence-corrected chi connectivity index (χ0v) is 13.0. The van der Waals surface area contributed by atoms with E-state index in [1.807, 2.05) is 37.0 Å². The summed E-state index contributed by atoms with van der Waals surface area (Å²) >= 11 is 0. The second-order valence-corrected chi connectivity index (χ2v) is 7.70. The van der Waals surface area contributed by atoms with Crippen LogP contribution in [0.1, 0.15) is 49.8 Å². The zero-order valence-electron chi connectivity index (χ0n) is 13.0. The van der Waals surface area contributed by atoms with Gasteiger partial charge in [0.25, 0.3) is 0 Å². The number of rotatable bonds is 3. The first-order chi connectivity index (χ1) is 10.1. The Bertz CT molecular complexity index is 575. The Labute approximate surface area is 126 Å². The number of allylic oxidation sites excluding steroid dienone is 1. The van der Waals surface area contributed by atoms with E-state index >= 15 is 0 Å². The number of hydrogen-bond donors (Lipinski definition) is 0. The fourth-order valence-corrected chi connectivity index (χ4v) is 5.43. The summed E-state index contributed by atoms with van der Waals surface area (Å²) in [4.78, 5) is 12.9. The molecule has 5 rings (SSSR count). The summed E-state index contributed by atoms with van der Waals surface area (Å²) in [6, 6.07) is 0. The molecule has 3 nitrogen and oxygen atoms in total. The lowest BCUT2D eigenvalue weighted by Crippen LogP contribution is -2.49. The topological polar surface area (TPSA) is 34.9 Å². The summed E-state index contributed by atoms with van der Waals surface area (Å²) in [6.45, 7) is 2.04. The van der Waals surface area contributed by atoms with Crippen LogP contribution in [-0.2, 0) is 11.8 Å². The highest BCUT2D eigenvalue weighted by atomic mass is 16.1. The lowest BCUT2D eigenvalue weighted by Gasteiger charge is -2.55. The maximum atomic E-state index is 12.9. The van der Waals surface area contributed by atoms with Gasteiger partial charge in [0.05, 0.1) is 6.20 Å². The first-order valence-corrected chi connectivity index (χ1v) is 8.27. The average molecular weight is 284 g/mol. The summed E-state index contributed by atoms with van der Waals surface area (Å²) < 4.78 is 1.86. The van der Waals surface area contributed by atoms with E-state index in [1.54, 1.807) is 0 Å². The van der Waals surface area contributed by atoms with Crippen LogP contribution in [0.4, 0.5) is 0 Å². The summed E-state index contributed by atoms with van der Waals surface area (Å²) in [6.07, 6.45) is 13.3. The number of nitrogens with zero attached hydrogens (tertiary/aromatic N) is 2. The van der Waals surface area contributed by atoms with E-state index in [0.29, 0.717) is 5.78 Å². The van der Waals surface area contributed by atoms with E-state index in [1.165, 1.54) is 19.3 Å². The Hall–Kier alpha value is -1.38. The molecule has 1 aromatic heterocycles. The van der Waals surface area contributed by atoms with Crippen LogP contribution < -0.4 is 0 Å². The lowest BCUT2D eigenvalue weighted by atomic mass is 9.48. The van der Waals surface area contributed by atoms with Crippen molar-refractivity contribution < 1.29 is 4.79 Å². The molecule has 4 aliphatic rings. The Balaban J connectivity index is 1.56. The quantitative estimate of drug-likeness (QED) is 0.796. The van der Waals surface area contributed by atoms with Crippen molar-refractivity contribution in [1.29, 1.82) is 0 Å². The number of aryl methyl sites for hydroxylation is 1. The number of carbonyl (C=O) groups is 1. The number of ketones is 1. The van der Waals surface area contributed by atoms with Crippen LogP contribution in [-0.4, -0.2) is 15.6 Å². The van der Waals surface area contributed by atoms with Gasteiger partial charge in [-0.1, -0.05) is 0 Å². The van der Waals surface area contributed by atoms with Crippen molar-refractivity contribution in [3.8, 4) is 0 Å². The van der Waals surface area contributed by atoms with E-state index in [2.05, 4.69) is 5.10 Å². The molecular formula is C18H24N2O. The molecule has 0 atom stereocenters. The summed E-state index contributed by atoms with van der Waals surface area (Å²) in [5.74, 6) is 2.86. The van der Waals surface area contributed by atoms with Crippen molar-refractivity contribution >= 4 is 11.9 Å². The minimum Gasteiger partial charge on any atom is -0.294 e. The van der Waals surface area contributed by atoms with Gasteiger partial charge in [0.1, 0.15) is 0 Å². The second kappa shape index (κ2) is 4.56. The number of aromatic nitrogens is 2. The van der Waals surface area contributed by atoms with Gasteiger partial charge in [-0.25, -0.2) is 0 Å². The van der Waals surface area contributed by atoms with Gasteiger partial charge in [0.15, 0.2) is 5.78 Å². The van der Waals surface area contributed by atoms with E-state index in [4.69, 9.17) is 0 Å². The van der Waals surface area contributed by atoms with E-state index in [0.717, 1.165) is 48.3 Å². The van der Waals surface area contributed by atoms with Crippen LogP contribution in [0.5, 0.6) is 0 Å². The fraction of sp³-hybridized carbons (Fsp3) is 0.667. The van der Waals surface area contributed by atoms with Gasteiger partial charge in [-0.15, -0.1) is 0 Å². The normalized spacial score (nSPS) is 37.5. The van der Waals surface area contributed by atoms with Crippen molar-refractivity contribution in [3.63, 3.8) is 0 Å². The summed E-state index contributed by atoms with van der Waals surface area (Å²) in [5, 5.41) is 4.24. The predicted octanol–water partition coefficient (Wildman–Crippen LogP) is 3.53. The van der Waals surface area contributed by atoms with Gasteiger partial charge in [-0.2, -0.15) is 5.10 Å². The fourth-order valence-electron chi connectivity index (χ4n) is 5.43. The molecular weight excluding hydrogens is 260 g/mol. The molecule has 4 bridgehead atoms.